The molecule has 0 spiro atoms. The molecule has 31 heteroatoms. The number of benzene rings is 3. The van der Waals surface area contributed by atoms with Crippen molar-refractivity contribution in [3.8, 4) is 17.6 Å². The van der Waals surface area contributed by atoms with Gasteiger partial charge in [-0.3, -0.25) is 38.8 Å². The summed E-state index contributed by atoms with van der Waals surface area (Å²) in [4.78, 5) is 108. The van der Waals surface area contributed by atoms with Gasteiger partial charge in [0.25, 0.3) is 11.2 Å². The fraction of sp³-hybridized carbons (Fsp3) is 0.404. The molecule has 446 valence electrons. The number of carboxylic acid groups (broad SMARTS) is 1. The van der Waals surface area contributed by atoms with Crippen molar-refractivity contribution in [2.24, 2.45) is 10.9 Å². The van der Waals surface area contributed by atoms with Crippen LogP contribution < -0.4 is 21.3 Å². The first-order valence-electron chi connectivity index (χ1n) is 25.5. The van der Waals surface area contributed by atoms with Crippen LogP contribution in [-0.2, 0) is 47.7 Å². The van der Waals surface area contributed by atoms with E-state index >= 15 is 0 Å². The third-order valence-electron chi connectivity index (χ3n) is 13.0. The zero-order chi connectivity index (χ0) is 60.6. The fourth-order valence-corrected chi connectivity index (χ4v) is 14.6. The number of aryl methyl sites for hydroxylation is 1. The molecule has 0 amide bonds. The van der Waals surface area contributed by atoms with Crippen LogP contribution in [0.2, 0.25) is 0 Å². The number of ether oxygens (including phenoxy) is 4. The van der Waals surface area contributed by atoms with Crippen molar-refractivity contribution in [1.29, 1.82) is 0 Å². The highest BCUT2D eigenvalue weighted by Gasteiger charge is 2.44. The number of aromatic carboxylic acids is 1. The Bertz CT molecular complexity index is 3590. The van der Waals surface area contributed by atoms with Crippen LogP contribution in [0.5, 0.6) is 5.75 Å². The predicted molar refractivity (Wildman–Crippen MR) is 306 cm³/mol. The maximum atomic E-state index is 13.8. The number of carbonyl (C=O) groups is 2. The minimum absolute atomic E-state index is 0.0162. The van der Waals surface area contributed by atoms with E-state index in [1.165, 1.54) is 51.9 Å². The SMILES string of the molecule is CCN=C1C=C2Oc3cc(NCC)c(C)cc3C(c3ccc(C(=O)CCC(C)(C)SSCOCC#Cc4cn([C@H]5CC(OCc6ccccc6[N+](=O)[O-])[C@@H](COP(=O)(O)OP(=O)(O)OP(=O)(O)O)O5)c(=O)[nH]c4=O)cc3C(=O)O)C2C=C1C. The number of hydrogen-bond acceptors (Lipinski definition) is 20. The number of aromatic amines is 1. The molecular formula is C52H60N5O21P3S2. The Hall–Kier alpha value is -5.82. The van der Waals surface area contributed by atoms with Gasteiger partial charge in [0.05, 0.1) is 41.1 Å². The summed E-state index contributed by atoms with van der Waals surface area (Å²) in [5.74, 6) is 4.55. The Morgan fingerprint density at radius 1 is 1.02 bits per heavy atom. The summed E-state index contributed by atoms with van der Waals surface area (Å²) in [5.41, 5.74) is 3.00. The van der Waals surface area contributed by atoms with Crippen molar-refractivity contribution < 1.29 is 85.0 Å². The minimum Gasteiger partial charge on any atom is -0.478 e. The number of H-pyrrole nitrogens is 1. The Kier molecular flexibility index (Phi) is 21.4. The smallest absolute Gasteiger partial charge is 0.478 e. The lowest BCUT2D eigenvalue weighted by Gasteiger charge is -2.37. The predicted octanol–water partition coefficient (Wildman–Crippen LogP) is 8.69. The van der Waals surface area contributed by atoms with Crippen molar-refractivity contribution >= 4 is 73.9 Å². The van der Waals surface area contributed by atoms with Gasteiger partial charge in [0.1, 0.15) is 41.9 Å². The Balaban J connectivity index is 0.960. The number of phosphoric acid groups is 3. The van der Waals surface area contributed by atoms with E-state index in [2.05, 4.69) is 41.8 Å². The van der Waals surface area contributed by atoms with Crippen molar-refractivity contribution in [1.82, 2.24) is 9.55 Å². The van der Waals surface area contributed by atoms with Crippen LogP contribution in [0.15, 0.2) is 98.9 Å². The second kappa shape index (κ2) is 27.5. The lowest BCUT2D eigenvalue weighted by atomic mass is 9.73. The van der Waals surface area contributed by atoms with Gasteiger partial charge < -0.3 is 48.9 Å². The van der Waals surface area contributed by atoms with Gasteiger partial charge >= 0.3 is 35.1 Å². The van der Waals surface area contributed by atoms with Crippen molar-refractivity contribution in [2.45, 2.75) is 96.5 Å². The van der Waals surface area contributed by atoms with E-state index < -0.39 is 87.9 Å². The van der Waals surface area contributed by atoms with Crippen LogP contribution >= 0.6 is 45.1 Å². The summed E-state index contributed by atoms with van der Waals surface area (Å²) in [5, 5.41) is 25.7. The molecule has 0 saturated carbocycles. The Morgan fingerprint density at radius 2 is 1.77 bits per heavy atom. The number of Topliss-reactive ketones (excluding diaryl/α,β-unsaturated/α-hetero) is 1. The lowest BCUT2D eigenvalue weighted by Crippen LogP contribution is -2.33. The normalized spacial score (nSPS) is 20.6. The number of ketones is 1. The number of carboxylic acids is 1. The highest BCUT2D eigenvalue weighted by atomic mass is 33.1. The van der Waals surface area contributed by atoms with E-state index in [-0.39, 0.29) is 65.0 Å². The number of nitrogens with zero attached hydrogens (tertiary/aromatic N) is 3. The van der Waals surface area contributed by atoms with Crippen LogP contribution in [0.3, 0.4) is 0 Å². The van der Waals surface area contributed by atoms with Crippen LogP contribution in [0.1, 0.15) is 115 Å². The molecule has 26 nitrogen and oxygen atoms in total. The number of allylic oxidation sites excluding steroid dienone is 3. The number of nitro groups is 1. The average Bonchev–Trinajstić information content (AvgIpc) is 3.77. The fourth-order valence-electron chi connectivity index (χ4n) is 9.28. The second-order valence-corrected chi connectivity index (χ2v) is 26.9. The van der Waals surface area contributed by atoms with Gasteiger partial charge in [-0.1, -0.05) is 63.8 Å². The number of rotatable bonds is 26. The van der Waals surface area contributed by atoms with E-state index in [1.54, 1.807) is 12.1 Å². The molecule has 1 fully saturated rings. The molecule has 4 aromatic rings. The van der Waals surface area contributed by atoms with E-state index in [9.17, 15) is 57.9 Å². The molecule has 3 heterocycles. The number of phosphoric ester groups is 1. The van der Waals surface area contributed by atoms with Gasteiger partial charge in [0.15, 0.2) is 5.78 Å². The summed E-state index contributed by atoms with van der Waals surface area (Å²) in [6.07, 6.45) is 1.38. The van der Waals surface area contributed by atoms with Crippen LogP contribution in [0, 0.1) is 34.8 Å². The second-order valence-electron chi connectivity index (χ2n) is 19.6. The van der Waals surface area contributed by atoms with Crippen LogP contribution in [0.25, 0.3) is 0 Å². The highest BCUT2D eigenvalue weighted by molar-refractivity contribution is 8.77. The molecular weight excluding hydrogens is 1190 g/mol. The Morgan fingerprint density at radius 3 is 2.47 bits per heavy atom. The maximum absolute atomic E-state index is 13.8. The summed E-state index contributed by atoms with van der Waals surface area (Å²) in [6.45, 7) is 11.5. The van der Waals surface area contributed by atoms with Crippen molar-refractivity contribution in [2.75, 3.05) is 37.6 Å². The minimum atomic E-state index is -5.89. The molecule has 1 aliphatic carbocycles. The van der Waals surface area contributed by atoms with Gasteiger partial charge in [-0.15, -0.1) is 0 Å². The van der Waals surface area contributed by atoms with Gasteiger partial charge in [-0.2, -0.15) is 8.62 Å². The number of anilines is 1. The van der Waals surface area contributed by atoms with Gasteiger partial charge in [0.2, 0.25) is 0 Å². The molecule has 2 aliphatic heterocycles. The zero-order valence-corrected chi connectivity index (χ0v) is 49.8. The van der Waals surface area contributed by atoms with Crippen molar-refractivity contribution in [3.05, 3.63) is 154 Å². The molecule has 7 rings (SSSR count). The molecule has 3 aliphatic rings. The topological polar surface area (TPSA) is 374 Å². The van der Waals surface area contributed by atoms with E-state index in [0.717, 1.165) is 38.9 Å². The first kappa shape index (κ1) is 64.7. The lowest BCUT2D eigenvalue weighted by molar-refractivity contribution is -0.386. The number of carbonyl (C=O) groups excluding carboxylic acids is 1. The molecule has 3 aromatic carbocycles. The molecule has 1 saturated heterocycles. The number of para-hydroxylation sites is 1. The van der Waals surface area contributed by atoms with Gasteiger partial charge in [0, 0.05) is 83.7 Å². The first-order chi connectivity index (χ1) is 39.1. The largest absolute Gasteiger partial charge is 0.490 e. The summed E-state index contributed by atoms with van der Waals surface area (Å²) in [6, 6.07) is 14.4. The Labute approximate surface area is 483 Å². The molecule has 7 N–H and O–H groups in total. The number of fused-ring (bicyclic) bond motifs is 2. The number of nitro benzene ring substituents is 1. The summed E-state index contributed by atoms with van der Waals surface area (Å²) >= 11 is 0. The standard InChI is InChI=1S/C52H60N5O21P3S2/c1-7-53-39-23-43-37(20-30(39)3)48(38-21-31(4)40(54-8-2)24-44(38)75-43)35-16-15-32(22-36(35)50(60)61)42(58)17-18-52(5,6)83-82-29-72-19-11-13-33-26-56(51(62)55-49(33)59)47-25-45(73-27-34-12-9-10-14-41(34)57(63)64)46(76-47)28-74-80(68,69)78-81(70,71)77-79(65,66)67/h9-10,12,14-16,20-24,26,37,45-48,54H,7-8,17-19,25,27-29H2,1-6H3,(H,60,61)(H,68,69)(H,70,71)(H,55,59,62)(H2,65,66,67)/t37?,45?,46-,47-,48?/m1/s1. The van der Waals surface area contributed by atoms with Crippen LogP contribution in [0.4, 0.5) is 11.4 Å². The molecule has 0 bridgehead atoms. The average molecular weight is 1250 g/mol. The number of nitrogens with one attached hydrogen (secondary N) is 2. The molecule has 7 atom stereocenters. The van der Waals surface area contributed by atoms with E-state index in [0.29, 0.717) is 36.6 Å². The van der Waals surface area contributed by atoms with Gasteiger partial charge in [-0.05, 0) is 82.9 Å². The first-order valence-corrected chi connectivity index (χ1v) is 32.3. The number of hydrogen-bond donors (Lipinski definition) is 7. The number of aromatic nitrogens is 2. The van der Waals surface area contributed by atoms with Crippen LogP contribution in [-0.4, -0.2) is 106 Å². The molecule has 0 radical (unpaired) electrons. The molecule has 5 unspecified atom stereocenters. The van der Waals surface area contributed by atoms with E-state index in [4.69, 9.17) is 33.3 Å². The third kappa shape index (κ3) is 17.2. The summed E-state index contributed by atoms with van der Waals surface area (Å²) in [7, 11) is -14.4. The monoisotopic (exact) mass is 1250 g/mol. The highest BCUT2D eigenvalue weighted by Crippen LogP contribution is 2.66. The van der Waals surface area contributed by atoms with Crippen molar-refractivity contribution in [3.63, 3.8) is 0 Å². The quantitative estimate of drug-likeness (QED) is 0.00451. The maximum Gasteiger partial charge on any atom is 0.490 e. The van der Waals surface area contributed by atoms with E-state index in [1.807, 2.05) is 59.8 Å². The molecule has 1 aromatic heterocycles. The molecule has 83 heavy (non-hydrogen) atoms. The third-order valence-corrected chi connectivity index (χ3v) is 19.9. The summed E-state index contributed by atoms with van der Waals surface area (Å²) < 4.78 is 72.3. The zero-order valence-electron chi connectivity index (χ0n) is 45.4. The number of aliphatic imine (C=N–C) groups is 1. The van der Waals surface area contributed by atoms with Gasteiger partial charge in [-0.25, -0.2) is 23.3 Å².